The Labute approximate surface area is 138 Å². The maximum atomic E-state index is 10.6. The molecule has 2 heteroatoms. The second-order valence-corrected chi connectivity index (χ2v) is 6.37. The zero-order valence-electron chi connectivity index (χ0n) is 14.9. The molecule has 0 spiro atoms. The summed E-state index contributed by atoms with van der Waals surface area (Å²) in [6.07, 6.45) is 22.0. The molecular formula is C20H38O2. The lowest BCUT2D eigenvalue weighted by molar-refractivity contribution is -0.141. The highest BCUT2D eigenvalue weighted by molar-refractivity contribution is 5.65. The zero-order chi connectivity index (χ0) is 16.3. The molecule has 130 valence electrons. The first-order valence-electron chi connectivity index (χ1n) is 9.51. The average molecular weight is 311 g/mol. The van der Waals surface area contributed by atoms with Crippen molar-refractivity contribution < 1.29 is 9.53 Å². The quantitative estimate of drug-likeness (QED) is 0.172. The van der Waals surface area contributed by atoms with Gasteiger partial charge in [-0.2, -0.15) is 0 Å². The van der Waals surface area contributed by atoms with Gasteiger partial charge in [0, 0.05) is 6.92 Å². The zero-order valence-corrected chi connectivity index (χ0v) is 14.9. The van der Waals surface area contributed by atoms with Crippen LogP contribution in [0.2, 0.25) is 0 Å². The van der Waals surface area contributed by atoms with Crippen LogP contribution in [0.25, 0.3) is 0 Å². The number of ether oxygens (including phenoxy) is 1. The van der Waals surface area contributed by atoms with Crippen molar-refractivity contribution in [2.45, 2.75) is 103 Å². The molecule has 22 heavy (non-hydrogen) atoms. The second-order valence-electron chi connectivity index (χ2n) is 6.37. The third-order valence-electron chi connectivity index (χ3n) is 4.11. The van der Waals surface area contributed by atoms with E-state index in [1.165, 1.54) is 96.8 Å². The molecule has 0 heterocycles. The first-order valence-corrected chi connectivity index (χ1v) is 9.51. The van der Waals surface area contributed by atoms with Crippen LogP contribution >= 0.6 is 0 Å². The minimum absolute atomic E-state index is 0.156. The molecule has 0 saturated heterocycles. The Morgan fingerprint density at radius 3 is 1.45 bits per heavy atom. The third kappa shape index (κ3) is 19.2. The van der Waals surface area contributed by atoms with Crippen molar-refractivity contribution in [2.75, 3.05) is 6.61 Å². The van der Waals surface area contributed by atoms with E-state index in [1.807, 2.05) is 6.08 Å². The third-order valence-corrected chi connectivity index (χ3v) is 4.11. The van der Waals surface area contributed by atoms with Gasteiger partial charge in [-0.05, 0) is 19.3 Å². The van der Waals surface area contributed by atoms with Gasteiger partial charge >= 0.3 is 5.97 Å². The average Bonchev–Trinajstić information content (AvgIpc) is 2.50. The molecule has 0 rings (SSSR count). The van der Waals surface area contributed by atoms with E-state index in [0.29, 0.717) is 6.61 Å². The summed E-state index contributed by atoms with van der Waals surface area (Å²) in [5.41, 5.74) is 0. The highest BCUT2D eigenvalue weighted by atomic mass is 16.5. The van der Waals surface area contributed by atoms with Gasteiger partial charge in [0.1, 0.15) is 0 Å². The highest BCUT2D eigenvalue weighted by Gasteiger charge is 1.95. The summed E-state index contributed by atoms with van der Waals surface area (Å²) in [5, 5.41) is 0. The molecule has 0 saturated carbocycles. The van der Waals surface area contributed by atoms with E-state index in [9.17, 15) is 4.79 Å². The molecule has 0 unspecified atom stereocenters. The summed E-state index contributed by atoms with van der Waals surface area (Å²) in [6, 6.07) is 0. The Bertz CT molecular complexity index is 248. The predicted octanol–water partition coefficient (Wildman–Crippen LogP) is 6.59. The van der Waals surface area contributed by atoms with Crippen LogP contribution in [-0.4, -0.2) is 12.6 Å². The summed E-state index contributed by atoms with van der Waals surface area (Å²) in [6.45, 7) is 5.83. The van der Waals surface area contributed by atoms with Crippen molar-refractivity contribution in [1.82, 2.24) is 0 Å². The van der Waals surface area contributed by atoms with Crippen LogP contribution in [0.15, 0.2) is 12.7 Å². The number of hydrogen-bond acceptors (Lipinski definition) is 2. The Kier molecular flexibility index (Phi) is 17.6. The number of carbonyl (C=O) groups is 1. The molecule has 0 radical (unpaired) electrons. The lowest BCUT2D eigenvalue weighted by atomic mass is 10.0. The molecule has 0 N–H and O–H groups in total. The molecule has 0 aliphatic carbocycles. The van der Waals surface area contributed by atoms with E-state index in [4.69, 9.17) is 4.74 Å². The number of allylic oxidation sites excluding steroid dienone is 1. The fourth-order valence-electron chi connectivity index (χ4n) is 2.73. The smallest absolute Gasteiger partial charge is 0.302 e. The minimum atomic E-state index is -0.156. The maximum Gasteiger partial charge on any atom is 0.302 e. The Morgan fingerprint density at radius 2 is 1.09 bits per heavy atom. The minimum Gasteiger partial charge on any atom is -0.466 e. The fraction of sp³-hybridized carbons (Fsp3) is 0.850. The van der Waals surface area contributed by atoms with E-state index in [2.05, 4.69) is 6.58 Å². The van der Waals surface area contributed by atoms with E-state index in [1.54, 1.807) is 0 Å². The molecule has 0 aliphatic rings. The molecular weight excluding hydrogens is 272 g/mol. The lowest BCUT2D eigenvalue weighted by Gasteiger charge is -2.04. The van der Waals surface area contributed by atoms with Crippen LogP contribution < -0.4 is 0 Å². The van der Waals surface area contributed by atoms with Crippen LogP contribution in [-0.2, 0) is 9.53 Å². The highest BCUT2D eigenvalue weighted by Crippen LogP contribution is 2.13. The predicted molar refractivity (Wildman–Crippen MR) is 96.1 cm³/mol. The van der Waals surface area contributed by atoms with Gasteiger partial charge in [0.25, 0.3) is 0 Å². The lowest BCUT2D eigenvalue weighted by Crippen LogP contribution is -2.00. The van der Waals surface area contributed by atoms with E-state index < -0.39 is 0 Å². The topological polar surface area (TPSA) is 26.3 Å². The number of esters is 1. The maximum absolute atomic E-state index is 10.6. The van der Waals surface area contributed by atoms with E-state index in [0.717, 1.165) is 6.42 Å². The first-order chi connectivity index (χ1) is 10.8. The molecule has 0 atom stereocenters. The molecule has 0 bridgehead atoms. The molecule has 2 nitrogen and oxygen atoms in total. The van der Waals surface area contributed by atoms with Gasteiger partial charge in [-0.3, -0.25) is 4.79 Å². The van der Waals surface area contributed by atoms with Crippen LogP contribution in [0.1, 0.15) is 103 Å². The number of carbonyl (C=O) groups excluding carboxylic acids is 1. The first kappa shape index (κ1) is 21.2. The monoisotopic (exact) mass is 310 g/mol. The standard InChI is InChI=1S/C20H38O2/c1-3-4-5-6-7-8-9-10-11-12-13-14-15-16-17-18-19-22-20(2)21/h3H,1,4-19H2,2H3. The summed E-state index contributed by atoms with van der Waals surface area (Å²) >= 11 is 0. The van der Waals surface area contributed by atoms with Gasteiger partial charge < -0.3 is 4.74 Å². The Balaban J connectivity index is 2.97. The molecule has 0 aliphatic heterocycles. The SMILES string of the molecule is C=CCCCCCCCCCCCCCCCCOC(C)=O. The molecule has 0 amide bonds. The summed E-state index contributed by atoms with van der Waals surface area (Å²) in [7, 11) is 0. The van der Waals surface area contributed by atoms with Crippen molar-refractivity contribution in [1.29, 1.82) is 0 Å². The molecule has 0 aromatic heterocycles. The van der Waals surface area contributed by atoms with Crippen molar-refractivity contribution in [3.8, 4) is 0 Å². The molecule has 0 fully saturated rings. The number of rotatable bonds is 17. The van der Waals surface area contributed by atoms with E-state index >= 15 is 0 Å². The van der Waals surface area contributed by atoms with Gasteiger partial charge in [-0.15, -0.1) is 6.58 Å². The molecule has 0 aromatic rings. The Morgan fingerprint density at radius 1 is 0.727 bits per heavy atom. The van der Waals surface area contributed by atoms with Crippen molar-refractivity contribution in [3.05, 3.63) is 12.7 Å². The Hall–Kier alpha value is -0.790. The summed E-state index contributed by atoms with van der Waals surface area (Å²) in [5.74, 6) is -0.156. The van der Waals surface area contributed by atoms with Crippen LogP contribution in [0, 0.1) is 0 Å². The van der Waals surface area contributed by atoms with Gasteiger partial charge in [-0.1, -0.05) is 83.1 Å². The molecule has 0 aromatic carbocycles. The fourth-order valence-corrected chi connectivity index (χ4v) is 2.73. The van der Waals surface area contributed by atoms with Crippen molar-refractivity contribution in [2.24, 2.45) is 0 Å². The van der Waals surface area contributed by atoms with Gasteiger partial charge in [-0.25, -0.2) is 0 Å². The van der Waals surface area contributed by atoms with Crippen LogP contribution in [0.3, 0.4) is 0 Å². The second kappa shape index (κ2) is 18.3. The largest absolute Gasteiger partial charge is 0.466 e. The van der Waals surface area contributed by atoms with Gasteiger partial charge in [0.2, 0.25) is 0 Å². The van der Waals surface area contributed by atoms with Crippen LogP contribution in [0.4, 0.5) is 0 Å². The number of hydrogen-bond donors (Lipinski definition) is 0. The van der Waals surface area contributed by atoms with Crippen molar-refractivity contribution in [3.63, 3.8) is 0 Å². The number of unbranched alkanes of at least 4 members (excludes halogenated alkanes) is 14. The van der Waals surface area contributed by atoms with Crippen LogP contribution in [0.5, 0.6) is 0 Å². The van der Waals surface area contributed by atoms with E-state index in [-0.39, 0.29) is 5.97 Å². The van der Waals surface area contributed by atoms with Gasteiger partial charge in [0.05, 0.1) is 6.61 Å². The normalized spacial score (nSPS) is 10.6. The van der Waals surface area contributed by atoms with Gasteiger partial charge in [0.15, 0.2) is 0 Å². The summed E-state index contributed by atoms with van der Waals surface area (Å²) < 4.78 is 4.92. The summed E-state index contributed by atoms with van der Waals surface area (Å²) in [4.78, 5) is 10.6. The van der Waals surface area contributed by atoms with Crippen molar-refractivity contribution >= 4 is 5.97 Å².